The zero-order valence-electron chi connectivity index (χ0n) is 17.5. The Bertz CT molecular complexity index is 1070. The van der Waals surface area contributed by atoms with Gasteiger partial charge in [-0.1, -0.05) is 35.3 Å². The standard InChI is InChI=1S/C22H22Cl2FN5O2/c1-14(13-32-2)28-21-26-11-10-19(29-21)30(17-8-6-16(25)7-9-17)22(31)27-12-15-4-3-5-18(23)20(15)24/h3-11,14H,12-13H2,1-2H3,(H,27,31)(H,26,28,29)/t14-/m0/s1. The van der Waals surface area contributed by atoms with E-state index in [9.17, 15) is 9.18 Å². The van der Waals surface area contributed by atoms with Crippen LogP contribution in [0.2, 0.25) is 10.0 Å². The van der Waals surface area contributed by atoms with Gasteiger partial charge in [0.2, 0.25) is 5.95 Å². The quantitative estimate of drug-likeness (QED) is 0.452. The van der Waals surface area contributed by atoms with Crippen molar-refractivity contribution in [3.8, 4) is 0 Å². The van der Waals surface area contributed by atoms with Gasteiger partial charge in [0.25, 0.3) is 0 Å². The second kappa shape index (κ2) is 11.1. The zero-order valence-corrected chi connectivity index (χ0v) is 19.0. The van der Waals surface area contributed by atoms with Crippen molar-refractivity contribution in [2.45, 2.75) is 19.5 Å². The third kappa shape index (κ3) is 6.06. The average molecular weight is 478 g/mol. The van der Waals surface area contributed by atoms with Crippen molar-refractivity contribution < 1.29 is 13.9 Å². The largest absolute Gasteiger partial charge is 0.383 e. The second-order valence-corrected chi connectivity index (χ2v) is 7.71. The van der Waals surface area contributed by atoms with E-state index in [1.807, 2.05) is 6.92 Å². The van der Waals surface area contributed by atoms with Crippen LogP contribution >= 0.6 is 23.2 Å². The molecule has 0 aliphatic rings. The van der Waals surface area contributed by atoms with Gasteiger partial charge in [0.15, 0.2) is 0 Å². The minimum absolute atomic E-state index is 0.0479. The molecule has 0 fully saturated rings. The van der Waals surface area contributed by atoms with Crippen molar-refractivity contribution in [3.63, 3.8) is 0 Å². The van der Waals surface area contributed by atoms with E-state index >= 15 is 0 Å². The van der Waals surface area contributed by atoms with Crippen LogP contribution in [0.4, 0.5) is 26.6 Å². The molecule has 0 aliphatic heterocycles. The lowest BCUT2D eigenvalue weighted by atomic mass is 10.2. The number of nitrogens with one attached hydrogen (secondary N) is 2. The third-order valence-corrected chi connectivity index (χ3v) is 5.27. The molecule has 3 aromatic rings. The van der Waals surface area contributed by atoms with Crippen molar-refractivity contribution in [2.75, 3.05) is 23.9 Å². The molecule has 0 radical (unpaired) electrons. The summed E-state index contributed by atoms with van der Waals surface area (Å²) < 4.78 is 18.6. The van der Waals surface area contributed by atoms with Crippen LogP contribution in [-0.2, 0) is 11.3 Å². The average Bonchev–Trinajstić information content (AvgIpc) is 2.77. The molecular weight excluding hydrogens is 456 g/mol. The van der Waals surface area contributed by atoms with E-state index < -0.39 is 11.8 Å². The number of amides is 2. The molecule has 3 rings (SSSR count). The summed E-state index contributed by atoms with van der Waals surface area (Å²) in [7, 11) is 1.60. The Hall–Kier alpha value is -2.94. The Morgan fingerprint density at radius 1 is 1.19 bits per heavy atom. The summed E-state index contributed by atoms with van der Waals surface area (Å²) >= 11 is 12.3. The van der Waals surface area contributed by atoms with Gasteiger partial charge in [-0.05, 0) is 42.8 Å². The molecule has 10 heteroatoms. The number of carbonyl (C=O) groups is 1. The van der Waals surface area contributed by atoms with Gasteiger partial charge in [-0.15, -0.1) is 0 Å². The Balaban J connectivity index is 1.88. The molecule has 0 saturated heterocycles. The Labute approximate surface area is 195 Å². The molecule has 0 spiro atoms. The van der Waals surface area contributed by atoms with Crippen LogP contribution in [0.5, 0.6) is 0 Å². The zero-order chi connectivity index (χ0) is 23.1. The lowest BCUT2D eigenvalue weighted by Gasteiger charge is -2.23. The summed E-state index contributed by atoms with van der Waals surface area (Å²) in [5.41, 5.74) is 1.08. The first-order chi connectivity index (χ1) is 15.4. The molecule has 1 aromatic heterocycles. The summed E-state index contributed by atoms with van der Waals surface area (Å²) in [6.45, 7) is 2.51. The van der Waals surface area contributed by atoms with Crippen LogP contribution in [0.15, 0.2) is 54.7 Å². The number of nitrogens with zero attached hydrogens (tertiary/aromatic N) is 3. The minimum atomic E-state index is -0.484. The predicted molar refractivity (Wildman–Crippen MR) is 124 cm³/mol. The van der Waals surface area contributed by atoms with E-state index in [1.54, 1.807) is 31.4 Å². The number of benzene rings is 2. The second-order valence-electron chi connectivity index (χ2n) is 6.92. The Kier molecular flexibility index (Phi) is 8.21. The van der Waals surface area contributed by atoms with Crippen molar-refractivity contribution in [2.24, 2.45) is 0 Å². The van der Waals surface area contributed by atoms with Gasteiger partial charge in [-0.3, -0.25) is 0 Å². The fraction of sp³-hybridized carbons (Fsp3) is 0.227. The number of urea groups is 1. The van der Waals surface area contributed by atoms with Crippen molar-refractivity contribution in [3.05, 3.63) is 76.2 Å². The van der Waals surface area contributed by atoms with Crippen molar-refractivity contribution in [1.82, 2.24) is 15.3 Å². The summed E-state index contributed by atoms with van der Waals surface area (Å²) in [4.78, 5) is 23.1. The van der Waals surface area contributed by atoms with Crippen LogP contribution < -0.4 is 15.5 Å². The highest BCUT2D eigenvalue weighted by molar-refractivity contribution is 6.42. The topological polar surface area (TPSA) is 79.4 Å². The van der Waals surface area contributed by atoms with E-state index in [4.69, 9.17) is 27.9 Å². The van der Waals surface area contributed by atoms with Crippen LogP contribution in [0.1, 0.15) is 12.5 Å². The number of rotatable bonds is 8. The van der Waals surface area contributed by atoms with E-state index in [0.29, 0.717) is 39.7 Å². The van der Waals surface area contributed by atoms with Gasteiger partial charge in [-0.2, -0.15) is 4.98 Å². The molecule has 0 unspecified atom stereocenters. The van der Waals surface area contributed by atoms with Crippen LogP contribution in [0.25, 0.3) is 0 Å². The maximum absolute atomic E-state index is 13.5. The molecule has 0 bridgehead atoms. The summed E-state index contributed by atoms with van der Waals surface area (Å²) in [6, 6.07) is 11.7. The van der Waals surface area contributed by atoms with Gasteiger partial charge in [0, 0.05) is 32.0 Å². The van der Waals surface area contributed by atoms with Gasteiger partial charge < -0.3 is 15.4 Å². The van der Waals surface area contributed by atoms with Crippen LogP contribution in [0.3, 0.4) is 0 Å². The number of halogens is 3. The Morgan fingerprint density at radius 3 is 2.66 bits per heavy atom. The smallest absolute Gasteiger partial charge is 0.327 e. The fourth-order valence-corrected chi connectivity index (χ4v) is 3.32. The molecule has 32 heavy (non-hydrogen) atoms. The maximum atomic E-state index is 13.5. The number of aromatic nitrogens is 2. The number of methoxy groups -OCH3 is 1. The molecule has 1 atom stereocenters. The molecule has 1 heterocycles. The molecule has 168 valence electrons. The maximum Gasteiger partial charge on any atom is 0.327 e. The molecule has 0 aliphatic carbocycles. The number of carbonyl (C=O) groups excluding carboxylic acids is 1. The third-order valence-electron chi connectivity index (χ3n) is 4.41. The van der Waals surface area contributed by atoms with Crippen molar-refractivity contribution in [1.29, 1.82) is 0 Å². The van der Waals surface area contributed by atoms with E-state index in [2.05, 4.69) is 20.6 Å². The molecule has 2 N–H and O–H groups in total. The normalized spacial score (nSPS) is 11.7. The minimum Gasteiger partial charge on any atom is -0.383 e. The monoisotopic (exact) mass is 477 g/mol. The van der Waals surface area contributed by atoms with E-state index in [1.165, 1.54) is 35.4 Å². The van der Waals surface area contributed by atoms with Crippen molar-refractivity contribution >= 4 is 46.7 Å². The molecule has 7 nitrogen and oxygen atoms in total. The number of ether oxygens (including phenoxy) is 1. The van der Waals surface area contributed by atoms with Gasteiger partial charge in [0.1, 0.15) is 11.6 Å². The summed E-state index contributed by atoms with van der Waals surface area (Å²) in [5, 5.41) is 6.68. The van der Waals surface area contributed by atoms with Gasteiger partial charge >= 0.3 is 6.03 Å². The highest BCUT2D eigenvalue weighted by Gasteiger charge is 2.21. The lowest BCUT2D eigenvalue weighted by molar-refractivity contribution is 0.190. The molecule has 0 saturated carbocycles. The first-order valence-corrected chi connectivity index (χ1v) is 10.5. The molecule has 2 aromatic carbocycles. The Morgan fingerprint density at radius 2 is 1.94 bits per heavy atom. The molecular formula is C22H22Cl2FN5O2. The first-order valence-electron chi connectivity index (χ1n) is 9.74. The van der Waals surface area contributed by atoms with Gasteiger partial charge in [-0.25, -0.2) is 19.1 Å². The fourth-order valence-electron chi connectivity index (χ4n) is 2.93. The SMILES string of the molecule is COC[C@H](C)Nc1nccc(N(C(=O)NCc2cccc(Cl)c2Cl)c2ccc(F)cc2)n1. The number of hydrogen-bond acceptors (Lipinski definition) is 5. The first kappa shape index (κ1) is 23.7. The molecule has 2 amide bonds. The highest BCUT2D eigenvalue weighted by atomic mass is 35.5. The number of hydrogen-bond donors (Lipinski definition) is 2. The lowest BCUT2D eigenvalue weighted by Crippen LogP contribution is -2.37. The van der Waals surface area contributed by atoms with Gasteiger partial charge in [0.05, 0.1) is 22.3 Å². The summed E-state index contributed by atoms with van der Waals surface area (Å²) in [5.74, 6) is 0.205. The van der Waals surface area contributed by atoms with E-state index in [-0.39, 0.29) is 12.6 Å². The van der Waals surface area contributed by atoms with Crippen LogP contribution in [0, 0.1) is 5.82 Å². The van der Waals surface area contributed by atoms with Crippen LogP contribution in [-0.4, -0.2) is 35.8 Å². The summed E-state index contributed by atoms with van der Waals surface area (Å²) in [6.07, 6.45) is 1.53. The predicted octanol–water partition coefficient (Wildman–Crippen LogP) is 5.42. The number of anilines is 3. The highest BCUT2D eigenvalue weighted by Crippen LogP contribution is 2.27. The van der Waals surface area contributed by atoms with E-state index in [0.717, 1.165) is 0 Å².